The molecule has 1 amide bonds. The Labute approximate surface area is 276 Å². The Bertz CT molecular complexity index is 1380. The van der Waals surface area contributed by atoms with E-state index in [1.807, 2.05) is 63.3 Å². The summed E-state index contributed by atoms with van der Waals surface area (Å²) in [5.41, 5.74) is -0.971. The first-order valence-corrected chi connectivity index (χ1v) is 15.5. The Morgan fingerprint density at radius 3 is 2.11 bits per heavy atom. The van der Waals surface area contributed by atoms with Gasteiger partial charge < -0.3 is 34.6 Å². The van der Waals surface area contributed by atoms with Crippen LogP contribution in [0.3, 0.4) is 0 Å². The fourth-order valence-electron chi connectivity index (χ4n) is 4.05. The Balaban J connectivity index is 2.20. The Morgan fingerprint density at radius 2 is 1.53 bits per heavy atom. The minimum Gasteiger partial charge on any atom is -0.492 e. The second kappa shape index (κ2) is 17.3. The van der Waals surface area contributed by atoms with Crippen LogP contribution in [0.15, 0.2) is 60.7 Å². The van der Waals surface area contributed by atoms with E-state index in [2.05, 4.69) is 5.32 Å². The van der Waals surface area contributed by atoms with Gasteiger partial charge in [0.2, 0.25) is 11.8 Å². The van der Waals surface area contributed by atoms with Gasteiger partial charge in [0.05, 0.1) is 5.41 Å². The predicted molar refractivity (Wildman–Crippen MR) is 175 cm³/mol. The van der Waals surface area contributed by atoms with Gasteiger partial charge in [-0.3, -0.25) is 4.79 Å². The molecule has 12 nitrogen and oxygen atoms in total. The fourth-order valence-corrected chi connectivity index (χ4v) is 4.05. The molecular formula is C35H48N2O10. The number of ether oxygens (including phenoxy) is 3. The number of carbonyl (C=O) groups excluding carboxylic acids is 4. The zero-order valence-electron chi connectivity index (χ0n) is 28.4. The highest BCUT2D eigenvalue weighted by atomic mass is 16.7. The van der Waals surface area contributed by atoms with Gasteiger partial charge >= 0.3 is 24.0 Å². The summed E-state index contributed by atoms with van der Waals surface area (Å²) in [5, 5.41) is 22.0. The highest BCUT2D eigenvalue weighted by Gasteiger charge is 2.36. The lowest BCUT2D eigenvalue weighted by Crippen LogP contribution is -2.44. The van der Waals surface area contributed by atoms with E-state index in [-0.39, 0.29) is 31.2 Å². The number of hydrogen-bond acceptors (Lipinski definition) is 10. The summed E-state index contributed by atoms with van der Waals surface area (Å²) in [5.74, 6) is -3.67. The van der Waals surface area contributed by atoms with E-state index in [4.69, 9.17) is 19.0 Å². The van der Waals surface area contributed by atoms with Crippen LogP contribution in [0, 0.1) is 17.3 Å². The molecule has 47 heavy (non-hydrogen) atoms. The van der Waals surface area contributed by atoms with Crippen LogP contribution in [0.25, 0.3) is 6.08 Å². The fraction of sp³-hybridized carbons (Fsp3) is 0.486. The van der Waals surface area contributed by atoms with Crippen molar-refractivity contribution in [2.24, 2.45) is 17.3 Å². The summed E-state index contributed by atoms with van der Waals surface area (Å²) in [6.07, 6.45) is 3.84. The van der Waals surface area contributed by atoms with Gasteiger partial charge in [0, 0.05) is 37.1 Å². The van der Waals surface area contributed by atoms with Crippen molar-refractivity contribution in [3.63, 3.8) is 0 Å². The van der Waals surface area contributed by atoms with E-state index in [1.165, 1.54) is 6.08 Å². The lowest BCUT2D eigenvalue weighted by molar-refractivity contribution is -0.178. The van der Waals surface area contributed by atoms with Gasteiger partial charge in [0.15, 0.2) is 6.10 Å². The molecule has 2 aromatic rings. The van der Waals surface area contributed by atoms with Gasteiger partial charge in [-0.2, -0.15) is 0 Å². The minimum absolute atomic E-state index is 0.0339. The Kier molecular flexibility index (Phi) is 14.1. The lowest BCUT2D eigenvalue weighted by Gasteiger charge is -2.29. The molecule has 0 saturated carbocycles. The van der Waals surface area contributed by atoms with Crippen molar-refractivity contribution in [2.45, 2.75) is 86.0 Å². The standard InChI is InChI=1S/C35H48N2O10/c1-23(2)21-27(45-32(42)35(7,8)22-36-33(43)46-34(4,5)6)31(41)44-26(24(3)17-18-25-13-10-9-11-14-25)15-12-16-30(40)47-37-28(38)19-20-29(37)39/h9-14,16-20,23-24,26-27,38-39H,15,21-22H2,1-8H3,(H,36,43)/t24-,26+,27+/m1/s1. The van der Waals surface area contributed by atoms with Gasteiger partial charge in [-0.1, -0.05) is 69.3 Å². The number of alkyl carbamates (subject to hydrolysis) is 1. The van der Waals surface area contributed by atoms with Crippen molar-refractivity contribution in [1.29, 1.82) is 0 Å². The molecule has 0 spiro atoms. The second-order valence-electron chi connectivity index (χ2n) is 13.3. The average molecular weight is 657 g/mol. The van der Waals surface area contributed by atoms with Crippen molar-refractivity contribution in [1.82, 2.24) is 10.0 Å². The molecule has 1 aromatic carbocycles. The number of nitrogens with zero attached hydrogens (tertiary/aromatic N) is 1. The molecule has 3 N–H and O–H groups in total. The monoisotopic (exact) mass is 656 g/mol. The summed E-state index contributed by atoms with van der Waals surface area (Å²) in [6.45, 7) is 13.8. The van der Waals surface area contributed by atoms with Crippen molar-refractivity contribution >= 4 is 30.1 Å². The number of amides is 1. The zero-order chi connectivity index (χ0) is 35.4. The summed E-state index contributed by atoms with van der Waals surface area (Å²) in [4.78, 5) is 56.2. The second-order valence-corrected chi connectivity index (χ2v) is 13.3. The SMILES string of the molecule is CC(C)C[C@H](OC(=O)C(C)(C)CNC(=O)OC(C)(C)C)C(=O)O[C@@H](CC=CC(=O)On1c(O)ccc1O)[C@H](C)C=Cc1ccccc1. The quantitative estimate of drug-likeness (QED) is 0.125. The number of benzene rings is 1. The summed E-state index contributed by atoms with van der Waals surface area (Å²) in [7, 11) is 0. The third kappa shape index (κ3) is 13.6. The van der Waals surface area contributed by atoms with Crippen molar-refractivity contribution in [3.8, 4) is 11.8 Å². The van der Waals surface area contributed by atoms with E-state index >= 15 is 0 Å². The number of carbonyl (C=O) groups is 4. The van der Waals surface area contributed by atoms with E-state index in [0.29, 0.717) is 4.73 Å². The van der Waals surface area contributed by atoms with Crippen LogP contribution in [0.4, 0.5) is 4.79 Å². The lowest BCUT2D eigenvalue weighted by atomic mass is 9.93. The number of esters is 2. The molecule has 0 aliphatic rings. The first-order chi connectivity index (χ1) is 21.9. The summed E-state index contributed by atoms with van der Waals surface area (Å²) in [6, 6.07) is 11.8. The highest BCUT2D eigenvalue weighted by Crippen LogP contribution is 2.23. The van der Waals surface area contributed by atoms with E-state index in [0.717, 1.165) is 23.8 Å². The zero-order valence-corrected chi connectivity index (χ0v) is 28.4. The first-order valence-electron chi connectivity index (χ1n) is 15.5. The third-order valence-corrected chi connectivity index (χ3v) is 6.67. The van der Waals surface area contributed by atoms with Gasteiger partial charge in [0.25, 0.3) is 0 Å². The molecule has 0 unspecified atom stereocenters. The Morgan fingerprint density at radius 1 is 0.915 bits per heavy atom. The predicted octanol–water partition coefficient (Wildman–Crippen LogP) is 5.57. The van der Waals surface area contributed by atoms with Crippen LogP contribution in [-0.4, -0.2) is 63.3 Å². The maximum absolute atomic E-state index is 13.5. The minimum atomic E-state index is -1.23. The van der Waals surface area contributed by atoms with E-state index in [9.17, 15) is 29.4 Å². The summed E-state index contributed by atoms with van der Waals surface area (Å²) >= 11 is 0. The van der Waals surface area contributed by atoms with Crippen molar-refractivity contribution < 1.29 is 48.4 Å². The molecule has 1 aromatic heterocycles. The molecule has 1 heterocycles. The molecule has 0 fully saturated rings. The van der Waals surface area contributed by atoms with Crippen LogP contribution in [0.2, 0.25) is 0 Å². The van der Waals surface area contributed by atoms with E-state index in [1.54, 1.807) is 34.6 Å². The molecule has 12 heteroatoms. The third-order valence-electron chi connectivity index (χ3n) is 6.67. The molecule has 0 radical (unpaired) electrons. The van der Waals surface area contributed by atoms with Crippen molar-refractivity contribution in [3.05, 3.63) is 66.3 Å². The molecule has 0 saturated heterocycles. The Hall–Kier alpha value is -4.74. The molecule has 2 rings (SSSR count). The maximum Gasteiger partial charge on any atom is 0.407 e. The van der Waals surface area contributed by atoms with Crippen molar-refractivity contribution in [2.75, 3.05) is 6.54 Å². The molecular weight excluding hydrogens is 608 g/mol. The van der Waals surface area contributed by atoms with Gasteiger partial charge in [-0.15, -0.1) is 4.73 Å². The van der Waals surface area contributed by atoms with Crippen LogP contribution in [0.1, 0.15) is 73.8 Å². The molecule has 258 valence electrons. The number of aromatic nitrogens is 1. The molecule has 3 atom stereocenters. The average Bonchev–Trinajstić information content (AvgIpc) is 3.29. The van der Waals surface area contributed by atoms with Crippen LogP contribution < -0.4 is 10.2 Å². The number of nitrogens with one attached hydrogen (secondary N) is 1. The summed E-state index contributed by atoms with van der Waals surface area (Å²) < 4.78 is 17.4. The van der Waals surface area contributed by atoms with Gasteiger partial charge in [-0.05, 0) is 52.5 Å². The number of aromatic hydroxyl groups is 2. The van der Waals surface area contributed by atoms with Gasteiger partial charge in [-0.25, -0.2) is 14.4 Å². The maximum atomic E-state index is 13.5. The normalized spacial score (nSPS) is 14.1. The van der Waals surface area contributed by atoms with Crippen LogP contribution >= 0.6 is 0 Å². The molecule has 0 aliphatic heterocycles. The van der Waals surface area contributed by atoms with Crippen LogP contribution in [0.5, 0.6) is 11.8 Å². The van der Waals surface area contributed by atoms with E-state index < -0.39 is 59.0 Å². The van der Waals surface area contributed by atoms with Gasteiger partial charge in [0.1, 0.15) is 11.7 Å². The topological polar surface area (TPSA) is 163 Å². The number of hydrogen-bond donors (Lipinski definition) is 3. The highest BCUT2D eigenvalue weighted by molar-refractivity contribution is 5.83. The molecule has 0 bridgehead atoms. The smallest absolute Gasteiger partial charge is 0.407 e. The largest absolute Gasteiger partial charge is 0.492 e. The number of rotatable bonds is 15. The first kappa shape index (κ1) is 38.4. The molecule has 0 aliphatic carbocycles. The van der Waals surface area contributed by atoms with Crippen LogP contribution in [-0.2, 0) is 28.6 Å².